The maximum atomic E-state index is 4.10. The molecular formula is C8H5N2. The Kier molecular flexibility index (Phi) is 1.10. The van der Waals surface area contributed by atoms with Gasteiger partial charge >= 0.3 is 0 Å². The Morgan fingerprint density at radius 2 is 2.20 bits per heavy atom. The van der Waals surface area contributed by atoms with Crippen LogP contribution in [0.15, 0.2) is 30.5 Å². The molecule has 0 unspecified atom stereocenters. The van der Waals surface area contributed by atoms with Crippen molar-refractivity contribution in [1.82, 2.24) is 9.97 Å². The van der Waals surface area contributed by atoms with E-state index in [1.54, 1.807) is 12.3 Å². The van der Waals surface area contributed by atoms with Gasteiger partial charge in [-0.2, -0.15) is 0 Å². The largest absolute Gasteiger partial charge is 0.255 e. The van der Waals surface area contributed by atoms with Gasteiger partial charge in [-0.25, -0.2) is 4.98 Å². The summed E-state index contributed by atoms with van der Waals surface area (Å²) >= 11 is 0. The van der Waals surface area contributed by atoms with E-state index in [1.807, 2.05) is 18.2 Å². The number of hydrogen-bond donors (Lipinski definition) is 0. The predicted molar refractivity (Wildman–Crippen MR) is 38.4 cm³/mol. The first-order valence-electron chi connectivity index (χ1n) is 3.05. The summed E-state index contributed by atoms with van der Waals surface area (Å²) in [5, 5.41) is 0. The van der Waals surface area contributed by atoms with Crippen LogP contribution < -0.4 is 0 Å². The van der Waals surface area contributed by atoms with E-state index < -0.39 is 0 Å². The first-order chi connectivity index (χ1) is 4.97. The highest BCUT2D eigenvalue weighted by molar-refractivity contribution is 5.72. The maximum absolute atomic E-state index is 4.10. The molecule has 0 saturated carbocycles. The first kappa shape index (κ1) is 5.35. The molecule has 2 rings (SSSR count). The van der Waals surface area contributed by atoms with Gasteiger partial charge in [-0.1, -0.05) is 0 Å². The van der Waals surface area contributed by atoms with Gasteiger partial charge in [0.2, 0.25) is 0 Å². The Morgan fingerprint density at radius 1 is 1.20 bits per heavy atom. The lowest BCUT2D eigenvalue weighted by molar-refractivity contribution is 1.33. The Bertz CT molecular complexity index is 278. The lowest BCUT2D eigenvalue weighted by Gasteiger charge is -1.90. The Morgan fingerprint density at radius 3 is 3.10 bits per heavy atom. The molecule has 0 aromatic carbocycles. The van der Waals surface area contributed by atoms with Crippen molar-refractivity contribution in [2.45, 2.75) is 0 Å². The van der Waals surface area contributed by atoms with Gasteiger partial charge in [-0.05, 0) is 24.3 Å². The minimum atomic E-state index is 0.894. The molecule has 0 aliphatic heterocycles. The summed E-state index contributed by atoms with van der Waals surface area (Å²) in [5.41, 5.74) is 1.81. The van der Waals surface area contributed by atoms with Crippen LogP contribution in [0.25, 0.3) is 11.0 Å². The van der Waals surface area contributed by atoms with Gasteiger partial charge in [0.15, 0.2) is 0 Å². The second kappa shape index (κ2) is 2.06. The SMILES string of the molecule is [c]1ccc2ncccc2n1. The topological polar surface area (TPSA) is 25.8 Å². The highest BCUT2D eigenvalue weighted by Crippen LogP contribution is 2.03. The van der Waals surface area contributed by atoms with E-state index in [9.17, 15) is 0 Å². The second-order valence-electron chi connectivity index (χ2n) is 1.98. The zero-order chi connectivity index (χ0) is 6.81. The molecule has 2 aromatic heterocycles. The zero-order valence-electron chi connectivity index (χ0n) is 5.28. The number of fused-ring (bicyclic) bond motifs is 1. The van der Waals surface area contributed by atoms with Crippen molar-refractivity contribution in [1.29, 1.82) is 0 Å². The molecule has 1 radical (unpaired) electrons. The van der Waals surface area contributed by atoms with Crippen LogP contribution >= 0.6 is 0 Å². The Labute approximate surface area is 58.6 Å². The van der Waals surface area contributed by atoms with Crippen LogP contribution in [0.3, 0.4) is 0 Å². The van der Waals surface area contributed by atoms with Gasteiger partial charge in [0.25, 0.3) is 0 Å². The standard InChI is InChI=1S/C8H5N2/c1-3-7-8(9-5-1)4-2-6-10-7/h1-5H. The molecule has 2 heteroatoms. The van der Waals surface area contributed by atoms with Crippen molar-refractivity contribution in [3.8, 4) is 0 Å². The second-order valence-corrected chi connectivity index (χ2v) is 1.98. The van der Waals surface area contributed by atoms with Crippen LogP contribution in [0.2, 0.25) is 0 Å². The number of aromatic nitrogens is 2. The fraction of sp³-hybridized carbons (Fsp3) is 0. The molecule has 0 bridgehead atoms. The number of nitrogens with zero attached hydrogens (tertiary/aromatic N) is 2. The lowest BCUT2D eigenvalue weighted by Crippen LogP contribution is -1.78. The summed E-state index contributed by atoms with van der Waals surface area (Å²) in [4.78, 5) is 8.09. The van der Waals surface area contributed by atoms with E-state index >= 15 is 0 Å². The summed E-state index contributed by atoms with van der Waals surface area (Å²) in [6.07, 6.45) is 4.50. The lowest BCUT2D eigenvalue weighted by atomic mass is 10.3. The van der Waals surface area contributed by atoms with Crippen molar-refractivity contribution in [3.63, 3.8) is 0 Å². The molecule has 0 fully saturated rings. The minimum absolute atomic E-state index is 0.894. The molecule has 0 N–H and O–H groups in total. The molecule has 47 valence electrons. The van der Waals surface area contributed by atoms with Crippen molar-refractivity contribution >= 4 is 11.0 Å². The fourth-order valence-electron chi connectivity index (χ4n) is 0.855. The minimum Gasteiger partial charge on any atom is -0.255 e. The van der Waals surface area contributed by atoms with Gasteiger partial charge in [0.05, 0.1) is 17.2 Å². The van der Waals surface area contributed by atoms with Gasteiger partial charge in [0, 0.05) is 6.20 Å². The zero-order valence-corrected chi connectivity index (χ0v) is 5.28. The van der Waals surface area contributed by atoms with Crippen molar-refractivity contribution < 1.29 is 0 Å². The first-order valence-corrected chi connectivity index (χ1v) is 3.05. The molecule has 0 aliphatic carbocycles. The molecule has 0 amide bonds. The average molecular weight is 129 g/mol. The van der Waals surface area contributed by atoms with Crippen LogP contribution in [-0.2, 0) is 0 Å². The van der Waals surface area contributed by atoms with Crippen LogP contribution in [-0.4, -0.2) is 9.97 Å². The van der Waals surface area contributed by atoms with E-state index in [2.05, 4.69) is 16.2 Å². The van der Waals surface area contributed by atoms with Gasteiger partial charge in [-0.3, -0.25) is 4.98 Å². The fourth-order valence-corrected chi connectivity index (χ4v) is 0.855. The monoisotopic (exact) mass is 129 g/mol. The van der Waals surface area contributed by atoms with Crippen molar-refractivity contribution in [3.05, 3.63) is 36.7 Å². The van der Waals surface area contributed by atoms with Gasteiger partial charge in [-0.15, -0.1) is 0 Å². The highest BCUT2D eigenvalue weighted by Gasteiger charge is 1.88. The normalized spacial score (nSPS) is 10.0. The third-order valence-corrected chi connectivity index (χ3v) is 1.32. The molecule has 2 aromatic rings. The molecule has 0 spiro atoms. The summed E-state index contributed by atoms with van der Waals surface area (Å²) < 4.78 is 0. The van der Waals surface area contributed by atoms with Crippen molar-refractivity contribution in [2.24, 2.45) is 0 Å². The van der Waals surface area contributed by atoms with Crippen LogP contribution in [0.5, 0.6) is 0 Å². The highest BCUT2D eigenvalue weighted by atomic mass is 14.7. The van der Waals surface area contributed by atoms with Gasteiger partial charge in [0.1, 0.15) is 0 Å². The van der Waals surface area contributed by atoms with Crippen LogP contribution in [0, 0.1) is 6.20 Å². The smallest absolute Gasteiger partial charge is 0.0895 e. The molecule has 2 nitrogen and oxygen atoms in total. The van der Waals surface area contributed by atoms with Gasteiger partial charge < -0.3 is 0 Å². The summed E-state index contributed by atoms with van der Waals surface area (Å²) in [7, 11) is 0. The quantitative estimate of drug-likeness (QED) is 0.537. The van der Waals surface area contributed by atoms with E-state index in [4.69, 9.17) is 0 Å². The molecule has 0 aliphatic rings. The molecular weight excluding hydrogens is 124 g/mol. The van der Waals surface area contributed by atoms with E-state index in [0.717, 1.165) is 11.0 Å². The predicted octanol–water partition coefficient (Wildman–Crippen LogP) is 1.43. The number of hydrogen-bond acceptors (Lipinski definition) is 2. The maximum Gasteiger partial charge on any atom is 0.0895 e. The average Bonchev–Trinajstić information content (AvgIpc) is 2.05. The molecule has 2 heterocycles. The molecule has 0 saturated heterocycles. The van der Waals surface area contributed by atoms with Crippen molar-refractivity contribution in [2.75, 3.05) is 0 Å². The number of pyridine rings is 2. The van der Waals surface area contributed by atoms with E-state index in [1.165, 1.54) is 0 Å². The number of rotatable bonds is 0. The molecule has 10 heavy (non-hydrogen) atoms. The van der Waals surface area contributed by atoms with Crippen LogP contribution in [0.1, 0.15) is 0 Å². The summed E-state index contributed by atoms with van der Waals surface area (Å²) in [6.45, 7) is 0. The Balaban J connectivity index is 2.89. The summed E-state index contributed by atoms with van der Waals surface area (Å²) in [5.74, 6) is 0. The molecule has 0 atom stereocenters. The van der Waals surface area contributed by atoms with Crippen LogP contribution in [0.4, 0.5) is 0 Å². The Hall–Kier alpha value is -1.44. The third kappa shape index (κ3) is 0.739. The van der Waals surface area contributed by atoms with E-state index in [-0.39, 0.29) is 0 Å². The summed E-state index contributed by atoms with van der Waals surface area (Å²) in [6, 6.07) is 7.43. The third-order valence-electron chi connectivity index (χ3n) is 1.32. The van der Waals surface area contributed by atoms with E-state index in [0.29, 0.717) is 0 Å².